The Morgan fingerprint density at radius 3 is 2.54 bits per heavy atom. The predicted octanol–water partition coefficient (Wildman–Crippen LogP) is 3.37. The van der Waals surface area contributed by atoms with Crippen LogP contribution in [-0.4, -0.2) is 60.5 Å². The highest BCUT2D eigenvalue weighted by molar-refractivity contribution is 5.96. The molecule has 188 valence electrons. The Bertz CT molecular complexity index is 1050. The maximum Gasteiger partial charge on any atom is 0.416 e. The van der Waals surface area contributed by atoms with Gasteiger partial charge in [0, 0.05) is 36.5 Å². The molecule has 1 aromatic carbocycles. The fourth-order valence-corrected chi connectivity index (χ4v) is 4.92. The topological polar surface area (TPSA) is 83.6 Å². The maximum atomic E-state index is 12.8. The normalized spacial score (nSPS) is 21.1. The fraction of sp³-hybridized carbons (Fsp3) is 0.480. The molecule has 1 aromatic heterocycles. The van der Waals surface area contributed by atoms with Crippen LogP contribution in [0.5, 0.6) is 5.88 Å². The molecular weight excluding hydrogens is 461 g/mol. The van der Waals surface area contributed by atoms with Gasteiger partial charge in [-0.1, -0.05) is 12.1 Å². The second kappa shape index (κ2) is 10.6. The van der Waals surface area contributed by atoms with E-state index < -0.39 is 17.6 Å². The SMILES string of the molecule is COc1ncccc1C1CCC(N2CC(NC(=O)CNC(=O)c3cccc(C(F)(F)F)c3)C2)CC1. The summed E-state index contributed by atoms with van der Waals surface area (Å²) in [6, 6.07) is 8.62. The number of likely N-dealkylation sites (tertiary alicyclic amines) is 1. The highest BCUT2D eigenvalue weighted by Crippen LogP contribution is 2.38. The summed E-state index contributed by atoms with van der Waals surface area (Å²) < 4.78 is 43.9. The van der Waals surface area contributed by atoms with Crippen molar-refractivity contribution in [2.45, 2.75) is 49.9 Å². The zero-order valence-corrected chi connectivity index (χ0v) is 19.5. The van der Waals surface area contributed by atoms with Crippen LogP contribution < -0.4 is 15.4 Å². The Balaban J connectivity index is 1.17. The Morgan fingerprint density at radius 1 is 1.11 bits per heavy atom. The van der Waals surface area contributed by atoms with Crippen LogP contribution in [0.3, 0.4) is 0 Å². The molecule has 2 heterocycles. The molecule has 2 fully saturated rings. The number of ether oxygens (including phenoxy) is 1. The Hall–Kier alpha value is -3.14. The average Bonchev–Trinajstić information content (AvgIpc) is 2.84. The number of hydrogen-bond donors (Lipinski definition) is 2. The van der Waals surface area contributed by atoms with E-state index in [1.807, 2.05) is 6.07 Å². The Labute approximate surface area is 202 Å². The van der Waals surface area contributed by atoms with Gasteiger partial charge in [-0.25, -0.2) is 4.98 Å². The summed E-state index contributed by atoms with van der Waals surface area (Å²) in [6.07, 6.45) is 1.45. The molecule has 0 spiro atoms. The van der Waals surface area contributed by atoms with E-state index in [0.29, 0.717) is 17.8 Å². The first-order valence-electron chi connectivity index (χ1n) is 11.7. The van der Waals surface area contributed by atoms with Gasteiger partial charge in [-0.05, 0) is 55.9 Å². The van der Waals surface area contributed by atoms with Crippen molar-refractivity contribution in [3.8, 4) is 5.88 Å². The number of pyridine rings is 1. The molecule has 0 bridgehead atoms. The summed E-state index contributed by atoms with van der Waals surface area (Å²) in [5.74, 6) is 0.0563. The largest absolute Gasteiger partial charge is 0.481 e. The Morgan fingerprint density at radius 2 is 1.86 bits per heavy atom. The van der Waals surface area contributed by atoms with Gasteiger partial charge in [-0.2, -0.15) is 13.2 Å². The first-order valence-corrected chi connectivity index (χ1v) is 11.7. The third-order valence-electron chi connectivity index (χ3n) is 6.78. The molecule has 2 N–H and O–H groups in total. The standard InChI is InChI=1S/C25H29F3N4O3/c1-35-24-21(6-3-11-29-24)16-7-9-20(10-8-16)32-14-19(15-32)31-22(33)13-30-23(34)17-4-2-5-18(12-17)25(26,27)28/h2-6,11-12,16,19-20H,7-10,13-15H2,1H3,(H,30,34)(H,31,33). The molecule has 0 radical (unpaired) electrons. The van der Waals surface area contributed by atoms with E-state index in [4.69, 9.17) is 4.74 Å². The number of alkyl halides is 3. The zero-order valence-electron chi connectivity index (χ0n) is 19.5. The first kappa shape index (κ1) is 25.0. The van der Waals surface area contributed by atoms with Crippen LogP contribution >= 0.6 is 0 Å². The first-order chi connectivity index (χ1) is 16.7. The summed E-state index contributed by atoms with van der Waals surface area (Å²) >= 11 is 0. The minimum atomic E-state index is -4.53. The molecule has 2 aromatic rings. The van der Waals surface area contributed by atoms with Gasteiger partial charge in [0.05, 0.1) is 25.3 Å². The van der Waals surface area contributed by atoms with Crippen LogP contribution in [-0.2, 0) is 11.0 Å². The molecule has 0 unspecified atom stereocenters. The van der Waals surface area contributed by atoms with E-state index >= 15 is 0 Å². The number of benzene rings is 1. The van der Waals surface area contributed by atoms with Crippen LogP contribution in [0, 0.1) is 0 Å². The molecule has 10 heteroatoms. The van der Waals surface area contributed by atoms with Gasteiger partial charge < -0.3 is 15.4 Å². The molecule has 1 aliphatic carbocycles. The molecular formula is C25H29F3N4O3. The monoisotopic (exact) mass is 490 g/mol. The lowest BCUT2D eigenvalue weighted by atomic mass is 9.80. The molecule has 7 nitrogen and oxygen atoms in total. The minimum absolute atomic E-state index is 0.00380. The number of hydrogen-bond acceptors (Lipinski definition) is 5. The van der Waals surface area contributed by atoms with Gasteiger partial charge in [0.1, 0.15) is 0 Å². The second-order valence-corrected chi connectivity index (χ2v) is 9.09. The summed E-state index contributed by atoms with van der Waals surface area (Å²) in [5, 5.41) is 5.27. The number of carbonyl (C=O) groups excluding carboxylic acids is 2. The van der Waals surface area contributed by atoms with Crippen molar-refractivity contribution < 1.29 is 27.5 Å². The van der Waals surface area contributed by atoms with Crippen molar-refractivity contribution in [3.63, 3.8) is 0 Å². The third kappa shape index (κ3) is 6.11. The Kier molecular flexibility index (Phi) is 7.59. The van der Waals surface area contributed by atoms with Crippen molar-refractivity contribution >= 4 is 11.8 Å². The number of nitrogens with zero attached hydrogens (tertiary/aromatic N) is 2. The molecule has 2 amide bonds. The highest BCUT2D eigenvalue weighted by Gasteiger charge is 2.36. The van der Waals surface area contributed by atoms with E-state index in [2.05, 4.69) is 26.6 Å². The van der Waals surface area contributed by atoms with Crippen LogP contribution in [0.1, 0.15) is 53.1 Å². The van der Waals surface area contributed by atoms with Gasteiger partial charge in [0.15, 0.2) is 0 Å². The lowest BCUT2D eigenvalue weighted by Gasteiger charge is -2.46. The number of rotatable bonds is 7. The van der Waals surface area contributed by atoms with Crippen LogP contribution in [0.25, 0.3) is 0 Å². The number of amides is 2. The van der Waals surface area contributed by atoms with Crippen LogP contribution in [0.2, 0.25) is 0 Å². The van der Waals surface area contributed by atoms with Gasteiger partial charge >= 0.3 is 6.18 Å². The van der Waals surface area contributed by atoms with Gasteiger partial charge in [-0.3, -0.25) is 14.5 Å². The number of nitrogens with one attached hydrogen (secondary N) is 2. The van der Waals surface area contributed by atoms with E-state index in [9.17, 15) is 22.8 Å². The van der Waals surface area contributed by atoms with E-state index in [0.717, 1.165) is 56.5 Å². The van der Waals surface area contributed by atoms with Crippen molar-refractivity contribution in [2.75, 3.05) is 26.7 Å². The van der Waals surface area contributed by atoms with Crippen molar-refractivity contribution in [3.05, 3.63) is 59.3 Å². The zero-order chi connectivity index (χ0) is 25.0. The molecule has 35 heavy (non-hydrogen) atoms. The number of aromatic nitrogens is 1. The van der Waals surface area contributed by atoms with Crippen molar-refractivity contribution in [1.82, 2.24) is 20.5 Å². The minimum Gasteiger partial charge on any atom is -0.481 e. The van der Waals surface area contributed by atoms with E-state index in [-0.39, 0.29) is 24.1 Å². The summed E-state index contributed by atoms with van der Waals surface area (Å²) in [4.78, 5) is 31.0. The van der Waals surface area contributed by atoms with E-state index in [1.54, 1.807) is 13.3 Å². The third-order valence-corrected chi connectivity index (χ3v) is 6.78. The maximum absolute atomic E-state index is 12.8. The van der Waals surface area contributed by atoms with Gasteiger partial charge in [0.25, 0.3) is 5.91 Å². The summed E-state index contributed by atoms with van der Waals surface area (Å²) in [5.41, 5.74) is 0.120. The number of carbonyl (C=O) groups is 2. The van der Waals surface area contributed by atoms with Gasteiger partial charge in [-0.15, -0.1) is 0 Å². The molecule has 1 saturated heterocycles. The fourth-order valence-electron chi connectivity index (χ4n) is 4.92. The summed E-state index contributed by atoms with van der Waals surface area (Å²) in [6.45, 7) is 1.21. The number of methoxy groups -OCH3 is 1. The predicted molar refractivity (Wildman–Crippen MR) is 123 cm³/mol. The summed E-state index contributed by atoms with van der Waals surface area (Å²) in [7, 11) is 1.64. The molecule has 4 rings (SSSR count). The van der Waals surface area contributed by atoms with Gasteiger partial charge in [0.2, 0.25) is 11.8 Å². The lowest BCUT2D eigenvalue weighted by Crippen LogP contribution is -2.63. The van der Waals surface area contributed by atoms with E-state index in [1.165, 1.54) is 12.1 Å². The molecule has 1 saturated carbocycles. The smallest absolute Gasteiger partial charge is 0.416 e. The van der Waals surface area contributed by atoms with Crippen LogP contribution in [0.15, 0.2) is 42.6 Å². The lowest BCUT2D eigenvalue weighted by molar-refractivity contribution is -0.137. The van der Waals surface area contributed by atoms with Crippen molar-refractivity contribution in [1.29, 1.82) is 0 Å². The average molecular weight is 491 g/mol. The van der Waals surface area contributed by atoms with Crippen LogP contribution in [0.4, 0.5) is 13.2 Å². The molecule has 1 aliphatic heterocycles. The number of halogens is 3. The molecule has 0 atom stereocenters. The second-order valence-electron chi connectivity index (χ2n) is 9.09. The van der Waals surface area contributed by atoms with Crippen molar-refractivity contribution in [2.24, 2.45) is 0 Å². The highest BCUT2D eigenvalue weighted by atomic mass is 19.4. The quantitative estimate of drug-likeness (QED) is 0.622. The molecule has 2 aliphatic rings.